The van der Waals surface area contributed by atoms with Gasteiger partial charge in [0, 0.05) is 29.0 Å². The first kappa shape index (κ1) is 12.0. The third-order valence-corrected chi connectivity index (χ3v) is 4.00. The van der Waals surface area contributed by atoms with Crippen molar-refractivity contribution in [1.29, 1.82) is 0 Å². The van der Waals surface area contributed by atoms with E-state index in [1.165, 1.54) is 27.7 Å². The molecule has 1 unspecified atom stereocenters. The van der Waals surface area contributed by atoms with E-state index in [0.717, 1.165) is 0 Å². The highest BCUT2D eigenvalue weighted by Crippen LogP contribution is 2.35. The summed E-state index contributed by atoms with van der Waals surface area (Å²) in [5.74, 6) is 0.220. The molecule has 4 aromatic rings. The number of fused-ring (bicyclic) bond motifs is 1. The van der Waals surface area contributed by atoms with Gasteiger partial charge in [0.05, 0.1) is 5.92 Å². The van der Waals surface area contributed by atoms with Crippen LogP contribution in [-0.2, 0) is 0 Å². The first-order chi connectivity index (χ1) is 10.4. The zero-order valence-electron chi connectivity index (χ0n) is 11.6. The van der Waals surface area contributed by atoms with Crippen LogP contribution in [-0.4, -0.2) is 9.97 Å². The summed E-state index contributed by atoms with van der Waals surface area (Å²) in [6.07, 6.45) is 4.11. The fourth-order valence-corrected chi connectivity index (χ4v) is 3.03. The third-order valence-electron chi connectivity index (χ3n) is 4.00. The van der Waals surface area contributed by atoms with Crippen molar-refractivity contribution in [2.24, 2.45) is 0 Å². The molecular weight excluding hydrogens is 256 g/mol. The van der Waals surface area contributed by atoms with E-state index >= 15 is 0 Å². The number of benzene rings is 2. The Morgan fingerprint density at radius 3 is 2.33 bits per heavy atom. The van der Waals surface area contributed by atoms with Crippen molar-refractivity contribution in [3.63, 3.8) is 0 Å². The van der Waals surface area contributed by atoms with Crippen LogP contribution in [0.1, 0.15) is 22.7 Å². The number of aromatic amines is 2. The molecule has 2 heterocycles. The molecule has 2 heteroatoms. The maximum absolute atomic E-state index is 3.39. The van der Waals surface area contributed by atoms with Gasteiger partial charge in [-0.05, 0) is 29.3 Å². The normalized spacial score (nSPS) is 12.6. The highest BCUT2D eigenvalue weighted by molar-refractivity contribution is 5.84. The van der Waals surface area contributed by atoms with Crippen molar-refractivity contribution in [3.8, 4) is 0 Å². The lowest BCUT2D eigenvalue weighted by Gasteiger charge is -2.16. The number of rotatable bonds is 3. The minimum absolute atomic E-state index is 0.220. The third kappa shape index (κ3) is 2.05. The van der Waals surface area contributed by atoms with Crippen LogP contribution in [0.5, 0.6) is 0 Å². The van der Waals surface area contributed by atoms with Crippen LogP contribution < -0.4 is 0 Å². The van der Waals surface area contributed by atoms with Gasteiger partial charge in [-0.15, -0.1) is 0 Å². The second kappa shape index (κ2) is 4.98. The van der Waals surface area contributed by atoms with Gasteiger partial charge in [-0.2, -0.15) is 0 Å². The molecule has 102 valence electrons. The SMILES string of the molecule is c1ccc(C(c2ccc[nH]2)c2c[nH]c3ccccc23)cc1. The van der Waals surface area contributed by atoms with Crippen LogP contribution in [0.25, 0.3) is 10.9 Å². The van der Waals surface area contributed by atoms with E-state index in [0.29, 0.717) is 0 Å². The lowest BCUT2D eigenvalue weighted by Crippen LogP contribution is -2.02. The molecule has 0 aliphatic heterocycles. The van der Waals surface area contributed by atoms with Crippen LogP contribution in [0.2, 0.25) is 0 Å². The number of para-hydroxylation sites is 1. The number of aromatic nitrogens is 2. The van der Waals surface area contributed by atoms with Gasteiger partial charge in [0.1, 0.15) is 0 Å². The lowest BCUT2D eigenvalue weighted by atomic mass is 9.88. The maximum atomic E-state index is 3.39. The van der Waals surface area contributed by atoms with Gasteiger partial charge >= 0.3 is 0 Å². The molecule has 0 aliphatic rings. The number of nitrogens with one attached hydrogen (secondary N) is 2. The lowest BCUT2D eigenvalue weighted by molar-refractivity contribution is 0.942. The molecule has 0 aliphatic carbocycles. The predicted molar refractivity (Wildman–Crippen MR) is 86.5 cm³/mol. The zero-order valence-corrected chi connectivity index (χ0v) is 11.6. The van der Waals surface area contributed by atoms with Gasteiger partial charge in [-0.3, -0.25) is 0 Å². The van der Waals surface area contributed by atoms with Crippen molar-refractivity contribution in [2.45, 2.75) is 5.92 Å². The van der Waals surface area contributed by atoms with E-state index in [4.69, 9.17) is 0 Å². The first-order valence-corrected chi connectivity index (χ1v) is 7.18. The molecule has 0 amide bonds. The molecular formula is C19H16N2. The van der Waals surface area contributed by atoms with Crippen LogP contribution in [0.4, 0.5) is 0 Å². The minimum atomic E-state index is 0.220. The van der Waals surface area contributed by atoms with Gasteiger partial charge in [0.2, 0.25) is 0 Å². The van der Waals surface area contributed by atoms with E-state index in [2.05, 4.69) is 82.9 Å². The Hall–Kier alpha value is -2.74. The van der Waals surface area contributed by atoms with E-state index in [-0.39, 0.29) is 5.92 Å². The topological polar surface area (TPSA) is 31.6 Å². The Morgan fingerprint density at radius 2 is 1.52 bits per heavy atom. The molecule has 0 spiro atoms. The summed E-state index contributed by atoms with van der Waals surface area (Å²) >= 11 is 0. The van der Waals surface area contributed by atoms with Crippen LogP contribution in [0, 0.1) is 0 Å². The van der Waals surface area contributed by atoms with Gasteiger partial charge < -0.3 is 9.97 Å². The molecule has 0 radical (unpaired) electrons. The average Bonchev–Trinajstić information content (AvgIpc) is 3.20. The molecule has 4 rings (SSSR count). The van der Waals surface area contributed by atoms with E-state index in [9.17, 15) is 0 Å². The molecule has 21 heavy (non-hydrogen) atoms. The van der Waals surface area contributed by atoms with Crippen molar-refractivity contribution in [2.75, 3.05) is 0 Å². The first-order valence-electron chi connectivity index (χ1n) is 7.18. The van der Waals surface area contributed by atoms with Crippen molar-refractivity contribution >= 4 is 10.9 Å². The standard InChI is InChI=1S/C19H16N2/c1-2-7-14(8-3-1)19(18-11-6-12-20-18)16-13-21-17-10-5-4-9-15(16)17/h1-13,19-21H. The monoisotopic (exact) mass is 272 g/mol. The summed E-state index contributed by atoms with van der Waals surface area (Å²) in [6.45, 7) is 0. The van der Waals surface area contributed by atoms with Crippen molar-refractivity contribution < 1.29 is 0 Å². The Balaban J connectivity index is 1.95. The summed E-state index contributed by atoms with van der Waals surface area (Å²) < 4.78 is 0. The van der Waals surface area contributed by atoms with E-state index < -0.39 is 0 Å². The smallest absolute Gasteiger partial charge is 0.0511 e. The molecule has 0 bridgehead atoms. The number of hydrogen-bond donors (Lipinski definition) is 2. The van der Waals surface area contributed by atoms with Gasteiger partial charge in [-0.25, -0.2) is 0 Å². The fraction of sp³-hybridized carbons (Fsp3) is 0.0526. The van der Waals surface area contributed by atoms with Crippen molar-refractivity contribution in [3.05, 3.63) is 95.9 Å². The Labute approximate surface area is 123 Å². The Morgan fingerprint density at radius 1 is 0.714 bits per heavy atom. The second-order valence-corrected chi connectivity index (χ2v) is 5.26. The van der Waals surface area contributed by atoms with Gasteiger partial charge in [0.25, 0.3) is 0 Å². The summed E-state index contributed by atoms with van der Waals surface area (Å²) in [4.78, 5) is 6.76. The highest BCUT2D eigenvalue weighted by atomic mass is 14.7. The van der Waals surface area contributed by atoms with Crippen LogP contribution in [0.15, 0.2) is 79.1 Å². The fourth-order valence-electron chi connectivity index (χ4n) is 3.03. The van der Waals surface area contributed by atoms with Crippen LogP contribution in [0.3, 0.4) is 0 Å². The summed E-state index contributed by atoms with van der Waals surface area (Å²) in [7, 11) is 0. The zero-order chi connectivity index (χ0) is 14.1. The van der Waals surface area contributed by atoms with Crippen LogP contribution >= 0.6 is 0 Å². The molecule has 2 aromatic heterocycles. The molecule has 0 saturated heterocycles. The summed E-state index contributed by atoms with van der Waals surface area (Å²) in [5, 5.41) is 1.28. The maximum Gasteiger partial charge on any atom is 0.0511 e. The molecule has 0 fully saturated rings. The average molecular weight is 272 g/mol. The number of H-pyrrole nitrogens is 2. The predicted octanol–water partition coefficient (Wildman–Crippen LogP) is 4.68. The summed E-state index contributed by atoms with van der Waals surface area (Å²) in [6, 6.07) is 23.3. The quantitative estimate of drug-likeness (QED) is 0.543. The van der Waals surface area contributed by atoms with E-state index in [1.54, 1.807) is 0 Å². The minimum Gasteiger partial charge on any atom is -0.364 e. The molecule has 1 atom stereocenters. The van der Waals surface area contributed by atoms with E-state index in [1.807, 2.05) is 6.20 Å². The largest absolute Gasteiger partial charge is 0.364 e. The molecule has 2 aromatic carbocycles. The molecule has 0 saturated carbocycles. The molecule has 2 nitrogen and oxygen atoms in total. The second-order valence-electron chi connectivity index (χ2n) is 5.26. The Kier molecular flexibility index (Phi) is 2.86. The number of hydrogen-bond acceptors (Lipinski definition) is 0. The van der Waals surface area contributed by atoms with Gasteiger partial charge in [0.15, 0.2) is 0 Å². The highest BCUT2D eigenvalue weighted by Gasteiger charge is 2.20. The Bertz CT molecular complexity index is 842. The van der Waals surface area contributed by atoms with Crippen molar-refractivity contribution in [1.82, 2.24) is 9.97 Å². The summed E-state index contributed by atoms with van der Waals surface area (Å²) in [5.41, 5.74) is 5.00. The molecule has 2 N–H and O–H groups in total. The van der Waals surface area contributed by atoms with Gasteiger partial charge in [-0.1, -0.05) is 48.5 Å².